The third-order valence-corrected chi connectivity index (χ3v) is 3.36. The van der Waals surface area contributed by atoms with Crippen molar-refractivity contribution in [2.45, 2.75) is 0 Å². The summed E-state index contributed by atoms with van der Waals surface area (Å²) in [6, 6.07) is 14.1. The normalized spacial score (nSPS) is 10.7. The number of fused-ring (bicyclic) bond motifs is 1. The molecule has 0 spiro atoms. The third kappa shape index (κ3) is 2.24. The Kier molecular flexibility index (Phi) is 3.12. The van der Waals surface area contributed by atoms with Crippen molar-refractivity contribution in [2.24, 2.45) is 0 Å². The number of nitrogens with zero attached hydrogens (tertiary/aromatic N) is 1. The van der Waals surface area contributed by atoms with Crippen LogP contribution in [-0.4, -0.2) is 10.8 Å². The van der Waals surface area contributed by atoms with E-state index in [1.807, 2.05) is 18.2 Å². The Morgan fingerprint density at radius 2 is 1.95 bits per heavy atom. The number of hydrogen-bond acceptors (Lipinski definition) is 3. The lowest BCUT2D eigenvalue weighted by Crippen LogP contribution is -2.05. The third-order valence-electron chi connectivity index (χ3n) is 3.13. The van der Waals surface area contributed by atoms with Crippen LogP contribution in [0.3, 0.4) is 0 Å². The lowest BCUT2D eigenvalue weighted by Gasteiger charge is -2.06. The average molecular weight is 283 g/mol. The fraction of sp³-hybridized carbons (Fsp3) is 0. The van der Waals surface area contributed by atoms with Crippen LogP contribution in [0.4, 0.5) is 5.69 Å². The highest BCUT2D eigenvalue weighted by atomic mass is 35.5. The van der Waals surface area contributed by atoms with Crippen molar-refractivity contribution in [1.82, 2.24) is 4.98 Å². The van der Waals surface area contributed by atoms with Crippen LogP contribution in [0.5, 0.6) is 0 Å². The molecule has 0 aliphatic carbocycles. The molecule has 2 aromatic carbocycles. The van der Waals surface area contributed by atoms with Crippen molar-refractivity contribution in [3.8, 4) is 0 Å². The molecule has 1 aromatic heterocycles. The highest BCUT2D eigenvalue weighted by molar-refractivity contribution is 6.31. The number of aromatic nitrogens is 1. The molecule has 0 aliphatic heterocycles. The molecule has 20 heavy (non-hydrogen) atoms. The van der Waals surface area contributed by atoms with Gasteiger partial charge in [-0.1, -0.05) is 29.8 Å². The molecule has 0 saturated heterocycles. The van der Waals surface area contributed by atoms with E-state index in [1.165, 1.54) is 0 Å². The lowest BCUT2D eigenvalue weighted by atomic mass is 10.0. The molecule has 0 saturated carbocycles. The molecule has 2 N–H and O–H groups in total. The van der Waals surface area contributed by atoms with Gasteiger partial charge in [0.05, 0.1) is 5.52 Å². The fourth-order valence-corrected chi connectivity index (χ4v) is 2.28. The predicted molar refractivity (Wildman–Crippen MR) is 81.0 cm³/mol. The second kappa shape index (κ2) is 4.94. The first-order chi connectivity index (χ1) is 9.65. The number of hydrogen-bond donors (Lipinski definition) is 1. The molecule has 1 heterocycles. The lowest BCUT2D eigenvalue weighted by molar-refractivity contribution is 0.103. The van der Waals surface area contributed by atoms with E-state index < -0.39 is 0 Å². The van der Waals surface area contributed by atoms with Crippen molar-refractivity contribution in [2.75, 3.05) is 5.73 Å². The SMILES string of the molecule is Nc1cc(Cl)ccc1C(=O)c1ccc2cccnc2c1. The monoisotopic (exact) mass is 282 g/mol. The maximum atomic E-state index is 12.5. The van der Waals surface area contributed by atoms with Gasteiger partial charge in [0, 0.05) is 33.4 Å². The summed E-state index contributed by atoms with van der Waals surface area (Å²) >= 11 is 5.84. The first-order valence-corrected chi connectivity index (χ1v) is 6.47. The van der Waals surface area contributed by atoms with E-state index in [0.29, 0.717) is 21.8 Å². The van der Waals surface area contributed by atoms with Crippen LogP contribution < -0.4 is 5.73 Å². The van der Waals surface area contributed by atoms with Crippen LogP contribution in [0.25, 0.3) is 10.9 Å². The quantitative estimate of drug-likeness (QED) is 0.576. The summed E-state index contributed by atoms with van der Waals surface area (Å²) in [6.07, 6.45) is 1.70. The molecule has 3 aromatic rings. The number of carbonyl (C=O) groups excluding carboxylic acids is 1. The Morgan fingerprint density at radius 3 is 2.75 bits per heavy atom. The first kappa shape index (κ1) is 12.6. The molecule has 0 radical (unpaired) electrons. The summed E-state index contributed by atoms with van der Waals surface area (Å²) in [5.74, 6) is -0.133. The highest BCUT2D eigenvalue weighted by Gasteiger charge is 2.13. The van der Waals surface area contributed by atoms with Gasteiger partial charge in [0.2, 0.25) is 0 Å². The topological polar surface area (TPSA) is 56.0 Å². The number of nitrogens with two attached hydrogens (primary N) is 1. The molecule has 0 bridgehead atoms. The minimum absolute atomic E-state index is 0.133. The number of rotatable bonds is 2. The highest BCUT2D eigenvalue weighted by Crippen LogP contribution is 2.22. The van der Waals surface area contributed by atoms with Gasteiger partial charge >= 0.3 is 0 Å². The van der Waals surface area contributed by atoms with Crippen molar-refractivity contribution >= 4 is 34.0 Å². The van der Waals surface area contributed by atoms with Gasteiger partial charge in [-0.2, -0.15) is 0 Å². The molecule has 3 nitrogen and oxygen atoms in total. The number of benzene rings is 2. The van der Waals surface area contributed by atoms with E-state index in [9.17, 15) is 4.79 Å². The fourth-order valence-electron chi connectivity index (χ4n) is 2.10. The van der Waals surface area contributed by atoms with E-state index in [-0.39, 0.29) is 5.78 Å². The maximum absolute atomic E-state index is 12.5. The van der Waals surface area contributed by atoms with Gasteiger partial charge in [0.1, 0.15) is 0 Å². The van der Waals surface area contributed by atoms with Crippen molar-refractivity contribution in [1.29, 1.82) is 0 Å². The number of anilines is 1. The summed E-state index contributed by atoms with van der Waals surface area (Å²) in [7, 11) is 0. The second-order valence-corrected chi connectivity index (χ2v) is 4.91. The van der Waals surface area contributed by atoms with Crippen LogP contribution in [0, 0.1) is 0 Å². The maximum Gasteiger partial charge on any atom is 0.195 e. The molecule has 0 aliphatic rings. The van der Waals surface area contributed by atoms with Crippen molar-refractivity contribution in [3.05, 3.63) is 70.9 Å². The van der Waals surface area contributed by atoms with Crippen LogP contribution in [0.1, 0.15) is 15.9 Å². The minimum Gasteiger partial charge on any atom is -0.398 e. The zero-order valence-electron chi connectivity index (χ0n) is 10.5. The molecular weight excluding hydrogens is 272 g/mol. The van der Waals surface area contributed by atoms with Crippen LogP contribution in [0.2, 0.25) is 5.02 Å². The summed E-state index contributed by atoms with van der Waals surface area (Å²) < 4.78 is 0. The minimum atomic E-state index is -0.133. The smallest absolute Gasteiger partial charge is 0.195 e. The van der Waals surface area contributed by atoms with Crippen LogP contribution in [0.15, 0.2) is 54.7 Å². The van der Waals surface area contributed by atoms with E-state index in [4.69, 9.17) is 17.3 Å². The summed E-state index contributed by atoms with van der Waals surface area (Å²) in [5, 5.41) is 1.51. The summed E-state index contributed by atoms with van der Waals surface area (Å²) in [6.45, 7) is 0. The number of pyridine rings is 1. The van der Waals surface area contributed by atoms with Gasteiger partial charge in [-0.3, -0.25) is 9.78 Å². The van der Waals surface area contributed by atoms with E-state index in [0.717, 1.165) is 10.9 Å². The Hall–Kier alpha value is -2.39. The van der Waals surface area contributed by atoms with Gasteiger partial charge in [-0.05, 0) is 30.3 Å². The zero-order chi connectivity index (χ0) is 14.1. The Balaban J connectivity index is 2.08. The van der Waals surface area contributed by atoms with E-state index in [2.05, 4.69) is 4.98 Å². The van der Waals surface area contributed by atoms with E-state index >= 15 is 0 Å². The van der Waals surface area contributed by atoms with Crippen LogP contribution >= 0.6 is 11.6 Å². The average Bonchev–Trinajstić information content (AvgIpc) is 2.46. The van der Waals surface area contributed by atoms with Gasteiger partial charge in [-0.15, -0.1) is 0 Å². The predicted octanol–water partition coefficient (Wildman–Crippen LogP) is 3.70. The molecule has 4 heteroatoms. The number of nitrogen functional groups attached to an aromatic ring is 1. The molecule has 98 valence electrons. The zero-order valence-corrected chi connectivity index (χ0v) is 11.3. The second-order valence-electron chi connectivity index (χ2n) is 4.47. The first-order valence-electron chi connectivity index (χ1n) is 6.09. The molecule has 0 amide bonds. The summed E-state index contributed by atoms with van der Waals surface area (Å²) in [5.41, 5.74) is 8.02. The summed E-state index contributed by atoms with van der Waals surface area (Å²) in [4.78, 5) is 16.7. The molecule has 0 fully saturated rings. The molecule has 0 unspecified atom stereocenters. The number of carbonyl (C=O) groups is 1. The molecular formula is C16H11ClN2O. The Labute approximate surface area is 121 Å². The van der Waals surface area contributed by atoms with E-state index in [1.54, 1.807) is 36.5 Å². The van der Waals surface area contributed by atoms with Gasteiger partial charge in [-0.25, -0.2) is 0 Å². The van der Waals surface area contributed by atoms with Gasteiger partial charge in [0.15, 0.2) is 5.78 Å². The van der Waals surface area contributed by atoms with Gasteiger partial charge in [0.25, 0.3) is 0 Å². The molecule has 0 atom stereocenters. The molecule has 3 rings (SSSR count). The van der Waals surface area contributed by atoms with Crippen LogP contribution in [-0.2, 0) is 0 Å². The van der Waals surface area contributed by atoms with Gasteiger partial charge < -0.3 is 5.73 Å². The Bertz CT molecular complexity index is 814. The van der Waals surface area contributed by atoms with Crippen molar-refractivity contribution < 1.29 is 4.79 Å². The number of ketones is 1. The van der Waals surface area contributed by atoms with Crippen molar-refractivity contribution in [3.63, 3.8) is 0 Å². The largest absolute Gasteiger partial charge is 0.398 e. The number of halogens is 1. The standard InChI is InChI=1S/C16H11ClN2O/c17-12-5-6-13(14(18)9-12)16(20)11-4-3-10-2-1-7-19-15(10)8-11/h1-9H,18H2. The Morgan fingerprint density at radius 1 is 1.10 bits per heavy atom.